The zero-order chi connectivity index (χ0) is 14.9. The maximum atomic E-state index is 12.3. The first kappa shape index (κ1) is 15.5. The summed E-state index contributed by atoms with van der Waals surface area (Å²) in [5, 5.41) is 5.17. The molecule has 6 heteroatoms. The maximum absolute atomic E-state index is 12.3. The first-order chi connectivity index (χ1) is 10.0. The van der Waals surface area contributed by atoms with Crippen molar-refractivity contribution in [3.8, 4) is 0 Å². The van der Waals surface area contributed by atoms with Crippen molar-refractivity contribution in [3.63, 3.8) is 0 Å². The lowest BCUT2D eigenvalue weighted by Crippen LogP contribution is -2.30. The van der Waals surface area contributed by atoms with E-state index in [1.54, 1.807) is 11.4 Å². The Morgan fingerprint density at radius 2 is 2.10 bits per heavy atom. The molecular formula is C15H24N2O2S2. The van der Waals surface area contributed by atoms with Crippen molar-refractivity contribution in [2.75, 3.05) is 6.54 Å². The zero-order valence-corrected chi connectivity index (χ0v) is 14.1. The number of thiophene rings is 1. The Labute approximate surface area is 131 Å². The largest absolute Gasteiger partial charge is 0.309 e. The molecular weight excluding hydrogens is 304 g/mol. The summed E-state index contributed by atoms with van der Waals surface area (Å²) < 4.78 is 27.5. The Balaban J connectivity index is 1.55. The number of hydrogen-bond donors (Lipinski definition) is 2. The number of nitrogens with one attached hydrogen (secondary N) is 2. The minimum atomic E-state index is -3.34. The van der Waals surface area contributed by atoms with Gasteiger partial charge in [0, 0.05) is 29.4 Å². The molecule has 0 aromatic carbocycles. The molecule has 2 fully saturated rings. The topological polar surface area (TPSA) is 58.2 Å². The van der Waals surface area contributed by atoms with Crippen molar-refractivity contribution < 1.29 is 8.42 Å². The predicted molar refractivity (Wildman–Crippen MR) is 85.9 cm³/mol. The van der Waals surface area contributed by atoms with E-state index in [-0.39, 0.29) is 0 Å². The summed E-state index contributed by atoms with van der Waals surface area (Å²) in [6.45, 7) is 3.58. The van der Waals surface area contributed by atoms with Gasteiger partial charge in [-0.05, 0) is 37.2 Å². The predicted octanol–water partition coefficient (Wildman–Crippen LogP) is 2.71. The summed E-state index contributed by atoms with van der Waals surface area (Å²) in [5.74, 6) is 1.13. The number of sulfonamides is 1. The Morgan fingerprint density at radius 1 is 1.29 bits per heavy atom. The highest BCUT2D eigenvalue weighted by molar-refractivity contribution is 7.89. The van der Waals surface area contributed by atoms with E-state index in [9.17, 15) is 8.42 Å². The van der Waals surface area contributed by atoms with Crippen LogP contribution in [0.4, 0.5) is 0 Å². The molecule has 1 aromatic heterocycles. The average Bonchev–Trinajstić information content (AvgIpc) is 2.98. The van der Waals surface area contributed by atoms with Crippen LogP contribution in [-0.4, -0.2) is 21.0 Å². The molecule has 2 N–H and O–H groups in total. The lowest BCUT2D eigenvalue weighted by molar-refractivity contribution is 0.414. The van der Waals surface area contributed by atoms with Crippen LogP contribution in [0, 0.1) is 11.8 Å². The van der Waals surface area contributed by atoms with Crippen LogP contribution >= 0.6 is 11.3 Å². The molecule has 2 aliphatic rings. The third kappa shape index (κ3) is 4.06. The Kier molecular flexibility index (Phi) is 4.69. The van der Waals surface area contributed by atoms with E-state index in [4.69, 9.17) is 0 Å². The molecule has 1 heterocycles. The van der Waals surface area contributed by atoms with E-state index >= 15 is 0 Å². The molecule has 0 saturated heterocycles. The van der Waals surface area contributed by atoms with Crippen molar-refractivity contribution in [3.05, 3.63) is 16.3 Å². The fourth-order valence-electron chi connectivity index (χ4n) is 2.95. The molecule has 2 atom stereocenters. The highest BCUT2D eigenvalue weighted by atomic mass is 32.2. The van der Waals surface area contributed by atoms with Gasteiger partial charge in [0.1, 0.15) is 0 Å². The van der Waals surface area contributed by atoms with Gasteiger partial charge in [-0.1, -0.05) is 19.8 Å². The molecule has 21 heavy (non-hydrogen) atoms. The molecule has 3 rings (SSSR count). The Morgan fingerprint density at radius 3 is 2.76 bits per heavy atom. The Hall–Kier alpha value is -0.430. The van der Waals surface area contributed by atoms with Gasteiger partial charge in [-0.25, -0.2) is 13.1 Å². The summed E-state index contributed by atoms with van der Waals surface area (Å²) in [6.07, 6.45) is 6.09. The smallest absolute Gasteiger partial charge is 0.241 e. The fourth-order valence-corrected chi connectivity index (χ4v) is 5.27. The first-order valence-corrected chi connectivity index (χ1v) is 10.2. The molecule has 2 unspecified atom stereocenters. The molecule has 118 valence electrons. The monoisotopic (exact) mass is 328 g/mol. The molecule has 2 aliphatic carbocycles. The lowest BCUT2D eigenvalue weighted by Gasteiger charge is -2.15. The van der Waals surface area contributed by atoms with E-state index < -0.39 is 10.0 Å². The molecule has 1 aromatic rings. The number of hydrogen-bond acceptors (Lipinski definition) is 4. The van der Waals surface area contributed by atoms with Crippen molar-refractivity contribution >= 4 is 21.4 Å². The maximum Gasteiger partial charge on any atom is 0.241 e. The second kappa shape index (κ2) is 6.36. The molecule has 0 radical (unpaired) electrons. The van der Waals surface area contributed by atoms with Gasteiger partial charge in [0.2, 0.25) is 10.0 Å². The summed E-state index contributed by atoms with van der Waals surface area (Å²) in [5.41, 5.74) is 0. The first-order valence-electron chi connectivity index (χ1n) is 7.85. The van der Waals surface area contributed by atoms with E-state index in [2.05, 4.69) is 17.0 Å². The third-order valence-corrected chi connectivity index (χ3v) is 7.15. The van der Waals surface area contributed by atoms with Gasteiger partial charge < -0.3 is 5.32 Å². The van der Waals surface area contributed by atoms with Crippen LogP contribution in [0.5, 0.6) is 0 Å². The standard InChI is InChI=1S/C15H24N2O2S2/c1-11-3-2-4-12(11)8-17-21(18,19)15-7-14(20-10-15)9-16-13-5-6-13/h7,10-13,16-17H,2-6,8-9H2,1H3. The molecule has 2 saturated carbocycles. The van der Waals surface area contributed by atoms with E-state index in [1.165, 1.54) is 37.0 Å². The van der Waals surface area contributed by atoms with Crippen molar-refractivity contribution in [1.82, 2.24) is 10.0 Å². The fraction of sp³-hybridized carbons (Fsp3) is 0.733. The van der Waals surface area contributed by atoms with Crippen molar-refractivity contribution in [2.24, 2.45) is 11.8 Å². The SMILES string of the molecule is CC1CCCC1CNS(=O)(=O)c1csc(CNC2CC2)c1. The minimum Gasteiger partial charge on any atom is -0.309 e. The van der Waals surface area contributed by atoms with Gasteiger partial charge in [-0.2, -0.15) is 0 Å². The van der Waals surface area contributed by atoms with Crippen molar-refractivity contribution in [2.45, 2.75) is 56.5 Å². The summed E-state index contributed by atoms with van der Waals surface area (Å²) in [6, 6.07) is 2.45. The third-order valence-electron chi connectivity index (χ3n) is 4.66. The van der Waals surface area contributed by atoms with E-state index in [1.807, 2.05) is 0 Å². The van der Waals surface area contributed by atoms with Crippen LogP contribution in [-0.2, 0) is 16.6 Å². The zero-order valence-electron chi connectivity index (χ0n) is 12.5. The molecule has 0 aliphatic heterocycles. The van der Waals surface area contributed by atoms with Crippen LogP contribution < -0.4 is 10.0 Å². The second-order valence-corrected chi connectivity index (χ2v) is 9.19. The van der Waals surface area contributed by atoms with Gasteiger partial charge in [-0.3, -0.25) is 0 Å². The average molecular weight is 329 g/mol. The second-order valence-electron chi connectivity index (χ2n) is 6.42. The lowest BCUT2D eigenvalue weighted by atomic mass is 9.99. The summed E-state index contributed by atoms with van der Waals surface area (Å²) in [4.78, 5) is 1.52. The van der Waals surface area contributed by atoms with Crippen LogP contribution in [0.3, 0.4) is 0 Å². The van der Waals surface area contributed by atoms with E-state index in [0.717, 1.165) is 17.8 Å². The van der Waals surface area contributed by atoms with Crippen LogP contribution in [0.25, 0.3) is 0 Å². The highest BCUT2D eigenvalue weighted by Gasteiger charge is 2.26. The van der Waals surface area contributed by atoms with Gasteiger partial charge in [0.15, 0.2) is 0 Å². The van der Waals surface area contributed by atoms with Crippen molar-refractivity contribution in [1.29, 1.82) is 0 Å². The van der Waals surface area contributed by atoms with Crippen LogP contribution in [0.2, 0.25) is 0 Å². The molecule has 0 bridgehead atoms. The van der Waals surface area contributed by atoms with E-state index in [0.29, 0.717) is 29.3 Å². The van der Waals surface area contributed by atoms with Gasteiger partial charge in [-0.15, -0.1) is 11.3 Å². The molecule has 4 nitrogen and oxygen atoms in total. The van der Waals surface area contributed by atoms with Gasteiger partial charge in [0.25, 0.3) is 0 Å². The van der Waals surface area contributed by atoms with Gasteiger partial charge >= 0.3 is 0 Å². The summed E-state index contributed by atoms with van der Waals surface area (Å²) in [7, 11) is -3.34. The molecule has 0 spiro atoms. The quantitative estimate of drug-likeness (QED) is 0.809. The van der Waals surface area contributed by atoms with Crippen LogP contribution in [0.1, 0.15) is 43.9 Å². The minimum absolute atomic E-state index is 0.422. The highest BCUT2D eigenvalue weighted by Crippen LogP contribution is 2.31. The normalized spacial score (nSPS) is 26.3. The Bertz CT molecular complexity index is 578. The van der Waals surface area contributed by atoms with Gasteiger partial charge in [0.05, 0.1) is 4.90 Å². The number of rotatable bonds is 7. The van der Waals surface area contributed by atoms with Crippen LogP contribution in [0.15, 0.2) is 16.3 Å². The summed E-state index contributed by atoms with van der Waals surface area (Å²) >= 11 is 1.52. The molecule has 0 amide bonds.